The fraction of sp³-hybridized carbons (Fsp3) is 0.200. The number of hydrogen-bond acceptors (Lipinski definition) is 4. The second-order valence-corrected chi connectivity index (χ2v) is 8.78. The number of carbonyl (C=O) groups excluding carboxylic acids is 2. The maximum atomic E-state index is 12.2. The highest BCUT2D eigenvalue weighted by Gasteiger charge is 2.23. The number of carbonyl (C=O) groups is 2. The van der Waals surface area contributed by atoms with Gasteiger partial charge in [0.25, 0.3) is 5.91 Å². The number of anilines is 1. The van der Waals surface area contributed by atoms with Gasteiger partial charge in [-0.05, 0) is 53.2 Å². The van der Waals surface area contributed by atoms with E-state index in [1.54, 1.807) is 23.5 Å². The van der Waals surface area contributed by atoms with Crippen LogP contribution in [0.15, 0.2) is 39.0 Å². The zero-order chi connectivity index (χ0) is 15.7. The number of rotatable bonds is 3. The van der Waals surface area contributed by atoms with E-state index in [0.29, 0.717) is 17.8 Å². The molecule has 0 saturated carbocycles. The first-order chi connectivity index (χ1) is 10.5. The second-order valence-electron chi connectivity index (χ2n) is 4.85. The average molecular weight is 397 g/mol. The van der Waals surface area contributed by atoms with Gasteiger partial charge in [0, 0.05) is 15.3 Å². The number of amides is 2. The highest BCUT2D eigenvalue weighted by atomic mass is 79.9. The number of halogens is 1. The van der Waals surface area contributed by atoms with Crippen LogP contribution in [0.1, 0.15) is 22.2 Å². The lowest BCUT2D eigenvalue weighted by Gasteiger charge is -2.21. The van der Waals surface area contributed by atoms with Gasteiger partial charge in [0.05, 0.1) is 21.3 Å². The molecular formula is C15H13BrN2O2S2. The molecule has 114 valence electrons. The molecule has 22 heavy (non-hydrogen) atoms. The minimum atomic E-state index is -0.148. The summed E-state index contributed by atoms with van der Waals surface area (Å²) in [7, 11) is 0. The third-order valence-electron chi connectivity index (χ3n) is 3.22. The summed E-state index contributed by atoms with van der Waals surface area (Å²) in [6.45, 7) is 2.35. The van der Waals surface area contributed by atoms with Gasteiger partial charge in [0.15, 0.2) is 0 Å². The van der Waals surface area contributed by atoms with Gasteiger partial charge in [0.2, 0.25) is 5.91 Å². The first kappa shape index (κ1) is 15.6. The monoisotopic (exact) mass is 396 g/mol. The van der Waals surface area contributed by atoms with E-state index in [1.165, 1.54) is 11.8 Å². The van der Waals surface area contributed by atoms with Gasteiger partial charge >= 0.3 is 0 Å². The van der Waals surface area contributed by atoms with Crippen molar-refractivity contribution in [2.24, 2.45) is 0 Å². The standard InChI is InChI=1S/C15H13BrN2O2S2/c1-8-14(19)18-11-6-9(2-4-12(11)21-8)15(20)17-7-10-3-5-13(16)22-10/h2-6,8H,7H2,1H3,(H,17,20)(H,18,19). The summed E-state index contributed by atoms with van der Waals surface area (Å²) in [5.41, 5.74) is 1.25. The minimum absolute atomic E-state index is 0.0292. The zero-order valence-corrected chi connectivity index (χ0v) is 14.9. The van der Waals surface area contributed by atoms with E-state index in [2.05, 4.69) is 26.6 Å². The van der Waals surface area contributed by atoms with Crippen LogP contribution >= 0.6 is 39.0 Å². The normalized spacial score (nSPS) is 16.8. The van der Waals surface area contributed by atoms with Gasteiger partial charge < -0.3 is 10.6 Å². The van der Waals surface area contributed by atoms with E-state index in [0.717, 1.165) is 13.6 Å². The van der Waals surface area contributed by atoms with Crippen LogP contribution in [0.4, 0.5) is 5.69 Å². The van der Waals surface area contributed by atoms with Crippen LogP contribution in [0.25, 0.3) is 0 Å². The highest BCUT2D eigenvalue weighted by Crippen LogP contribution is 2.35. The van der Waals surface area contributed by atoms with Crippen molar-refractivity contribution in [3.05, 3.63) is 44.6 Å². The average Bonchev–Trinajstić information content (AvgIpc) is 2.91. The molecule has 1 aromatic carbocycles. The van der Waals surface area contributed by atoms with Gasteiger partial charge in [-0.2, -0.15) is 0 Å². The Bertz CT molecular complexity index is 745. The van der Waals surface area contributed by atoms with Crippen LogP contribution in [-0.2, 0) is 11.3 Å². The predicted octanol–water partition coefficient (Wildman–Crippen LogP) is 3.87. The smallest absolute Gasteiger partial charge is 0.251 e. The Hall–Kier alpha value is -1.31. The van der Waals surface area contributed by atoms with Crippen molar-refractivity contribution in [3.8, 4) is 0 Å². The van der Waals surface area contributed by atoms with Crippen LogP contribution in [-0.4, -0.2) is 17.1 Å². The van der Waals surface area contributed by atoms with Crippen molar-refractivity contribution in [1.29, 1.82) is 0 Å². The van der Waals surface area contributed by atoms with Gasteiger partial charge in [0.1, 0.15) is 0 Å². The molecule has 0 aliphatic carbocycles. The van der Waals surface area contributed by atoms with Crippen LogP contribution in [0.3, 0.4) is 0 Å². The fourth-order valence-electron chi connectivity index (χ4n) is 2.07. The number of hydrogen-bond donors (Lipinski definition) is 2. The third kappa shape index (κ3) is 3.37. The number of thiophene rings is 1. The molecule has 1 aliphatic rings. The summed E-state index contributed by atoms with van der Waals surface area (Å²) in [6, 6.07) is 9.33. The van der Waals surface area contributed by atoms with Crippen molar-refractivity contribution in [2.45, 2.75) is 23.6 Å². The maximum absolute atomic E-state index is 12.2. The first-order valence-electron chi connectivity index (χ1n) is 6.67. The van der Waals surface area contributed by atoms with Crippen molar-refractivity contribution >= 4 is 56.5 Å². The van der Waals surface area contributed by atoms with Crippen LogP contribution in [0.5, 0.6) is 0 Å². The Morgan fingerprint density at radius 3 is 2.91 bits per heavy atom. The largest absolute Gasteiger partial charge is 0.347 e. The molecule has 1 atom stereocenters. The fourth-order valence-corrected chi connectivity index (χ4v) is 4.42. The molecule has 1 unspecified atom stereocenters. The molecule has 2 N–H and O–H groups in total. The van der Waals surface area contributed by atoms with Crippen molar-refractivity contribution < 1.29 is 9.59 Å². The maximum Gasteiger partial charge on any atom is 0.251 e. The van der Waals surface area contributed by atoms with Gasteiger partial charge in [-0.3, -0.25) is 9.59 Å². The van der Waals surface area contributed by atoms with Crippen LogP contribution in [0.2, 0.25) is 0 Å². The molecule has 1 aliphatic heterocycles. The number of benzene rings is 1. The van der Waals surface area contributed by atoms with Gasteiger partial charge in [-0.15, -0.1) is 23.1 Å². The minimum Gasteiger partial charge on any atom is -0.347 e. The van der Waals surface area contributed by atoms with E-state index >= 15 is 0 Å². The first-order valence-corrected chi connectivity index (χ1v) is 9.16. The summed E-state index contributed by atoms with van der Waals surface area (Å²) in [4.78, 5) is 26.0. The molecule has 2 heterocycles. The number of fused-ring (bicyclic) bond motifs is 1. The van der Waals surface area contributed by atoms with Crippen LogP contribution in [0, 0.1) is 0 Å². The number of thioether (sulfide) groups is 1. The van der Waals surface area contributed by atoms with Gasteiger partial charge in [-0.25, -0.2) is 0 Å². The summed E-state index contributed by atoms with van der Waals surface area (Å²) in [5.74, 6) is -0.177. The van der Waals surface area contributed by atoms with E-state index < -0.39 is 0 Å². The topological polar surface area (TPSA) is 58.2 Å². The summed E-state index contributed by atoms with van der Waals surface area (Å²) in [5, 5.41) is 5.62. The molecule has 0 saturated heterocycles. The van der Waals surface area contributed by atoms with E-state index in [1.807, 2.05) is 25.1 Å². The molecular weight excluding hydrogens is 384 g/mol. The van der Waals surface area contributed by atoms with Crippen molar-refractivity contribution in [3.63, 3.8) is 0 Å². The predicted molar refractivity (Wildman–Crippen MR) is 93.6 cm³/mol. The van der Waals surface area contributed by atoms with E-state index in [4.69, 9.17) is 0 Å². The van der Waals surface area contributed by atoms with E-state index in [9.17, 15) is 9.59 Å². The SMILES string of the molecule is CC1Sc2ccc(C(=O)NCc3ccc(Br)s3)cc2NC1=O. The number of nitrogens with one attached hydrogen (secondary N) is 2. The molecule has 3 rings (SSSR count). The Morgan fingerprint density at radius 2 is 2.18 bits per heavy atom. The molecule has 4 nitrogen and oxygen atoms in total. The Kier molecular flexibility index (Phi) is 4.56. The quantitative estimate of drug-likeness (QED) is 0.827. The molecule has 7 heteroatoms. The Balaban J connectivity index is 1.71. The molecule has 0 spiro atoms. The molecule has 0 fully saturated rings. The Morgan fingerprint density at radius 1 is 1.36 bits per heavy atom. The molecule has 0 radical (unpaired) electrons. The van der Waals surface area contributed by atoms with Crippen molar-refractivity contribution in [1.82, 2.24) is 5.32 Å². The van der Waals surface area contributed by atoms with Crippen LogP contribution < -0.4 is 10.6 Å². The zero-order valence-electron chi connectivity index (χ0n) is 11.7. The molecule has 2 aromatic rings. The summed E-state index contributed by atoms with van der Waals surface area (Å²) < 4.78 is 1.04. The van der Waals surface area contributed by atoms with E-state index in [-0.39, 0.29) is 17.1 Å². The molecule has 2 amide bonds. The lowest BCUT2D eigenvalue weighted by Crippen LogP contribution is -2.27. The summed E-state index contributed by atoms with van der Waals surface area (Å²) in [6.07, 6.45) is 0. The Labute approximate surface area is 144 Å². The molecule has 1 aromatic heterocycles. The lowest BCUT2D eigenvalue weighted by atomic mass is 10.1. The second kappa shape index (κ2) is 6.44. The lowest BCUT2D eigenvalue weighted by molar-refractivity contribution is -0.115. The third-order valence-corrected chi connectivity index (χ3v) is 6.03. The highest BCUT2D eigenvalue weighted by molar-refractivity contribution is 9.11. The molecule has 0 bridgehead atoms. The summed E-state index contributed by atoms with van der Waals surface area (Å²) >= 11 is 6.49. The van der Waals surface area contributed by atoms with Gasteiger partial charge in [-0.1, -0.05) is 0 Å². The van der Waals surface area contributed by atoms with Crippen molar-refractivity contribution in [2.75, 3.05) is 5.32 Å².